The number of pyridine rings is 1. The molecule has 2 aromatic rings. The summed E-state index contributed by atoms with van der Waals surface area (Å²) in [6.07, 6.45) is 4.49. The monoisotopic (exact) mass is 387 g/mol. The lowest BCUT2D eigenvalue weighted by Crippen LogP contribution is -2.27. The van der Waals surface area contributed by atoms with Gasteiger partial charge in [0.25, 0.3) is 0 Å². The van der Waals surface area contributed by atoms with E-state index in [1.807, 2.05) is 40.0 Å². The van der Waals surface area contributed by atoms with Gasteiger partial charge in [0.05, 0.1) is 12.2 Å². The highest BCUT2D eigenvalue weighted by molar-refractivity contribution is 5.91. The van der Waals surface area contributed by atoms with E-state index in [-0.39, 0.29) is 0 Å². The summed E-state index contributed by atoms with van der Waals surface area (Å²) in [7, 11) is 2.11. The first-order valence-corrected chi connectivity index (χ1v) is 9.64. The summed E-state index contributed by atoms with van der Waals surface area (Å²) in [5, 5.41) is 2.70. The van der Waals surface area contributed by atoms with E-state index in [0.717, 1.165) is 25.1 Å². The molecule has 2 aromatic heterocycles. The molecule has 1 N–H and O–H groups in total. The van der Waals surface area contributed by atoms with E-state index in [1.165, 1.54) is 5.57 Å². The van der Waals surface area contributed by atoms with Gasteiger partial charge >= 0.3 is 6.09 Å². The van der Waals surface area contributed by atoms with Crippen molar-refractivity contribution < 1.29 is 18.7 Å². The topological polar surface area (TPSA) is 76.8 Å². The van der Waals surface area contributed by atoms with Crippen LogP contribution in [0.2, 0.25) is 0 Å². The average molecular weight is 387 g/mol. The second kappa shape index (κ2) is 8.32. The Morgan fingerprint density at radius 3 is 2.82 bits per heavy atom. The van der Waals surface area contributed by atoms with Crippen molar-refractivity contribution in [1.82, 2.24) is 9.88 Å². The molecule has 3 heterocycles. The zero-order chi connectivity index (χ0) is 20.3. The van der Waals surface area contributed by atoms with Gasteiger partial charge in [-0.15, -0.1) is 0 Å². The predicted molar refractivity (Wildman–Crippen MR) is 109 cm³/mol. The van der Waals surface area contributed by atoms with E-state index in [9.17, 15) is 4.79 Å². The molecule has 0 spiro atoms. The molecule has 7 heteroatoms. The highest BCUT2D eigenvalue weighted by atomic mass is 16.6. The molecule has 0 aromatic carbocycles. The van der Waals surface area contributed by atoms with Gasteiger partial charge in [-0.2, -0.15) is 0 Å². The van der Waals surface area contributed by atoms with E-state index in [0.29, 0.717) is 35.8 Å². The average Bonchev–Trinajstić information content (AvgIpc) is 2.94. The number of likely N-dealkylation sites (N-methyl/N-ethyl adjacent to an activating group) is 1. The number of anilines is 1. The van der Waals surface area contributed by atoms with Gasteiger partial charge < -0.3 is 18.8 Å². The molecule has 0 saturated carbocycles. The standard InChI is InChI=1S/C21H29N3O4/c1-6-26-13-16-18-17(27-19(16)23-20(25)28-21(2,3)4)11-15(12-22-18)14-7-9-24(5)10-8-14/h7,11-12H,6,8-10,13H2,1-5H3,(H,23,25). The molecule has 7 nitrogen and oxygen atoms in total. The number of hydrogen-bond acceptors (Lipinski definition) is 6. The summed E-state index contributed by atoms with van der Waals surface area (Å²) >= 11 is 0. The normalized spacial score (nSPS) is 15.5. The van der Waals surface area contributed by atoms with E-state index in [1.54, 1.807) is 0 Å². The van der Waals surface area contributed by atoms with Crippen LogP contribution in [-0.2, 0) is 16.1 Å². The van der Waals surface area contributed by atoms with Crippen molar-refractivity contribution in [3.63, 3.8) is 0 Å². The fourth-order valence-corrected chi connectivity index (χ4v) is 3.07. The van der Waals surface area contributed by atoms with E-state index < -0.39 is 11.7 Å². The van der Waals surface area contributed by atoms with E-state index >= 15 is 0 Å². The maximum Gasteiger partial charge on any atom is 0.414 e. The van der Waals surface area contributed by atoms with Gasteiger partial charge in [0.15, 0.2) is 5.58 Å². The quantitative estimate of drug-likeness (QED) is 0.818. The molecule has 1 aliphatic heterocycles. The molecule has 0 atom stereocenters. The van der Waals surface area contributed by atoms with Gasteiger partial charge in [0, 0.05) is 25.9 Å². The number of ether oxygens (including phenoxy) is 2. The third-order valence-corrected chi connectivity index (χ3v) is 4.47. The first kappa shape index (κ1) is 20.4. The SMILES string of the molecule is CCOCc1c(NC(=O)OC(C)(C)C)oc2cc(C3=CCN(C)CC3)cnc12. The fourth-order valence-electron chi connectivity index (χ4n) is 3.07. The van der Waals surface area contributed by atoms with Gasteiger partial charge in [0.2, 0.25) is 5.88 Å². The Labute approximate surface area is 165 Å². The Kier molecular flexibility index (Phi) is 6.05. The molecule has 28 heavy (non-hydrogen) atoms. The van der Waals surface area contributed by atoms with Crippen LogP contribution in [0.3, 0.4) is 0 Å². The summed E-state index contributed by atoms with van der Waals surface area (Å²) < 4.78 is 16.8. The van der Waals surface area contributed by atoms with Crippen LogP contribution in [0.5, 0.6) is 0 Å². The number of nitrogens with one attached hydrogen (secondary N) is 1. The number of carbonyl (C=O) groups excluding carboxylic acids is 1. The molecule has 3 rings (SSSR count). The Balaban J connectivity index is 1.92. The number of fused-ring (bicyclic) bond motifs is 1. The highest BCUT2D eigenvalue weighted by Crippen LogP contribution is 2.32. The van der Waals surface area contributed by atoms with E-state index in [4.69, 9.17) is 13.9 Å². The first-order valence-electron chi connectivity index (χ1n) is 9.64. The Bertz CT molecular complexity index is 880. The van der Waals surface area contributed by atoms with Gasteiger partial charge in [-0.3, -0.25) is 10.3 Å². The minimum Gasteiger partial charge on any atom is -0.444 e. The lowest BCUT2D eigenvalue weighted by molar-refractivity contribution is 0.0632. The molecule has 152 valence electrons. The largest absolute Gasteiger partial charge is 0.444 e. The van der Waals surface area contributed by atoms with Crippen molar-refractivity contribution in [3.05, 3.63) is 29.5 Å². The van der Waals surface area contributed by atoms with E-state index in [2.05, 4.69) is 28.3 Å². The molecule has 0 unspecified atom stereocenters. The number of rotatable bonds is 5. The smallest absolute Gasteiger partial charge is 0.414 e. The van der Waals surface area contributed by atoms with Crippen LogP contribution in [-0.4, -0.2) is 48.3 Å². The molecule has 1 aliphatic rings. The summed E-state index contributed by atoms with van der Waals surface area (Å²) in [4.78, 5) is 19.1. The van der Waals surface area contributed by atoms with Crippen molar-refractivity contribution >= 4 is 28.7 Å². The molecule has 0 fully saturated rings. The van der Waals surface area contributed by atoms with Gasteiger partial charge in [-0.25, -0.2) is 4.79 Å². The second-order valence-electron chi connectivity index (χ2n) is 7.99. The first-order chi connectivity index (χ1) is 13.3. The Hall–Kier alpha value is -2.38. The van der Waals surface area contributed by atoms with Crippen LogP contribution in [0.1, 0.15) is 45.2 Å². The van der Waals surface area contributed by atoms with Gasteiger partial charge in [-0.05, 0) is 58.4 Å². The third kappa shape index (κ3) is 4.91. The van der Waals surface area contributed by atoms with Crippen molar-refractivity contribution in [1.29, 1.82) is 0 Å². The molecular weight excluding hydrogens is 358 g/mol. The van der Waals surface area contributed by atoms with Crippen molar-refractivity contribution in [2.45, 2.75) is 46.3 Å². The molecular formula is C21H29N3O4. The molecule has 0 bridgehead atoms. The third-order valence-electron chi connectivity index (χ3n) is 4.47. The van der Waals surface area contributed by atoms with Crippen LogP contribution in [0.15, 0.2) is 22.8 Å². The van der Waals surface area contributed by atoms with Gasteiger partial charge in [-0.1, -0.05) is 6.08 Å². The Morgan fingerprint density at radius 2 is 2.18 bits per heavy atom. The number of furan rings is 1. The zero-order valence-corrected chi connectivity index (χ0v) is 17.3. The Morgan fingerprint density at radius 1 is 1.39 bits per heavy atom. The van der Waals surface area contributed by atoms with Gasteiger partial charge in [0.1, 0.15) is 11.1 Å². The summed E-state index contributed by atoms with van der Waals surface area (Å²) in [5.74, 6) is 0.319. The number of amides is 1. The van der Waals surface area contributed by atoms with Crippen LogP contribution in [0.25, 0.3) is 16.7 Å². The maximum absolute atomic E-state index is 12.2. The van der Waals surface area contributed by atoms with Crippen LogP contribution in [0, 0.1) is 0 Å². The molecule has 1 amide bonds. The minimum atomic E-state index is -0.595. The van der Waals surface area contributed by atoms with Crippen LogP contribution < -0.4 is 5.32 Å². The van der Waals surface area contributed by atoms with Crippen molar-refractivity contribution in [3.8, 4) is 0 Å². The number of nitrogens with zero attached hydrogens (tertiary/aromatic N) is 2. The summed E-state index contributed by atoms with van der Waals surface area (Å²) in [6.45, 7) is 10.2. The van der Waals surface area contributed by atoms with Crippen molar-refractivity contribution in [2.24, 2.45) is 0 Å². The number of carbonyl (C=O) groups is 1. The highest BCUT2D eigenvalue weighted by Gasteiger charge is 2.22. The molecule has 0 saturated heterocycles. The van der Waals surface area contributed by atoms with Crippen LogP contribution >= 0.6 is 0 Å². The van der Waals surface area contributed by atoms with Crippen molar-refractivity contribution in [2.75, 3.05) is 32.1 Å². The zero-order valence-electron chi connectivity index (χ0n) is 17.3. The lowest BCUT2D eigenvalue weighted by Gasteiger charge is -2.21. The summed E-state index contributed by atoms with van der Waals surface area (Å²) in [5.41, 5.74) is 3.74. The summed E-state index contributed by atoms with van der Waals surface area (Å²) in [6, 6.07) is 1.98. The second-order valence-corrected chi connectivity index (χ2v) is 7.99. The number of aromatic nitrogens is 1. The lowest BCUT2D eigenvalue weighted by atomic mass is 10.0. The minimum absolute atomic E-state index is 0.300. The molecule has 0 radical (unpaired) electrons. The number of hydrogen-bond donors (Lipinski definition) is 1. The maximum atomic E-state index is 12.2. The van der Waals surface area contributed by atoms with Crippen LogP contribution in [0.4, 0.5) is 10.7 Å². The fraction of sp³-hybridized carbons (Fsp3) is 0.524. The molecule has 0 aliphatic carbocycles. The predicted octanol–water partition coefficient (Wildman–Crippen LogP) is 4.43.